The fourth-order valence-electron chi connectivity index (χ4n) is 2.44. The van der Waals surface area contributed by atoms with Crippen LogP contribution < -0.4 is 10.6 Å². The van der Waals surface area contributed by atoms with Gasteiger partial charge in [-0.1, -0.05) is 19.9 Å². The molecule has 5 nitrogen and oxygen atoms in total. The second-order valence-electron chi connectivity index (χ2n) is 6.07. The van der Waals surface area contributed by atoms with Gasteiger partial charge < -0.3 is 10.6 Å². The van der Waals surface area contributed by atoms with Gasteiger partial charge in [-0.15, -0.1) is 35.3 Å². The highest BCUT2D eigenvalue weighted by Gasteiger charge is 2.33. The summed E-state index contributed by atoms with van der Waals surface area (Å²) in [6, 6.07) is 3.93. The van der Waals surface area contributed by atoms with Gasteiger partial charge in [-0.25, -0.2) is 4.98 Å². The van der Waals surface area contributed by atoms with Crippen molar-refractivity contribution in [3.63, 3.8) is 0 Å². The first kappa shape index (κ1) is 23.6. The zero-order valence-electron chi connectivity index (χ0n) is 15.2. The average Bonchev–Trinajstić information content (AvgIpc) is 3.08. The third-order valence-electron chi connectivity index (χ3n) is 3.88. The van der Waals surface area contributed by atoms with Crippen LogP contribution in [0.15, 0.2) is 34.9 Å². The Balaban J connectivity index is 0.00000364. The van der Waals surface area contributed by atoms with Crippen LogP contribution in [0, 0.1) is 5.92 Å². The third kappa shape index (κ3) is 7.24. The van der Waals surface area contributed by atoms with Gasteiger partial charge in [0.15, 0.2) is 11.7 Å². The highest BCUT2D eigenvalue weighted by Crippen LogP contribution is 2.29. The van der Waals surface area contributed by atoms with Crippen molar-refractivity contribution < 1.29 is 13.2 Å². The normalized spacial score (nSPS) is 13.2. The monoisotopic (exact) mass is 513 g/mol. The van der Waals surface area contributed by atoms with Crippen LogP contribution in [0.25, 0.3) is 0 Å². The van der Waals surface area contributed by atoms with E-state index < -0.39 is 11.9 Å². The lowest BCUT2D eigenvalue weighted by Crippen LogP contribution is -2.39. The first-order valence-corrected chi connectivity index (χ1v) is 9.05. The Labute approximate surface area is 177 Å². The number of rotatable bonds is 6. The Bertz CT molecular complexity index is 719. The lowest BCUT2D eigenvalue weighted by Gasteiger charge is -2.22. The largest absolute Gasteiger partial charge is 0.434 e. The van der Waals surface area contributed by atoms with Gasteiger partial charge in [-0.2, -0.15) is 13.2 Å². The van der Waals surface area contributed by atoms with Crippen LogP contribution >= 0.6 is 35.3 Å². The zero-order valence-corrected chi connectivity index (χ0v) is 18.4. The molecule has 0 spiro atoms. The van der Waals surface area contributed by atoms with Crippen LogP contribution in [-0.4, -0.2) is 29.5 Å². The van der Waals surface area contributed by atoms with Gasteiger partial charge in [0.05, 0.1) is 6.54 Å². The van der Waals surface area contributed by atoms with Gasteiger partial charge in [-0.05, 0) is 17.5 Å². The molecule has 0 fully saturated rings. The van der Waals surface area contributed by atoms with Crippen molar-refractivity contribution in [3.8, 4) is 0 Å². The lowest BCUT2D eigenvalue weighted by molar-refractivity contribution is -0.140. The summed E-state index contributed by atoms with van der Waals surface area (Å²) in [4.78, 5) is 11.9. The Morgan fingerprint density at radius 3 is 2.56 bits per heavy atom. The highest BCUT2D eigenvalue weighted by molar-refractivity contribution is 14.0. The molecular weight excluding hydrogens is 490 g/mol. The fraction of sp³-hybridized carbons (Fsp3) is 0.471. The molecule has 2 aromatic rings. The minimum Gasteiger partial charge on any atom is -0.356 e. The first-order chi connectivity index (χ1) is 12.3. The standard InChI is InChI=1S/C17H22F3N5S.HI/c1-11(2)13(12-5-4-6-22-7-12)8-23-16(21-3)24-9-15-25-14(10-26-15)17(18,19)20;/h4-7,10-11,13H,8-9H2,1-3H3,(H2,21,23,24);1H. The van der Waals surface area contributed by atoms with E-state index >= 15 is 0 Å². The van der Waals surface area contributed by atoms with Gasteiger partial charge in [0.1, 0.15) is 5.01 Å². The topological polar surface area (TPSA) is 62.2 Å². The predicted octanol–water partition coefficient (Wildman–Crippen LogP) is 4.28. The Morgan fingerprint density at radius 2 is 2.04 bits per heavy atom. The zero-order chi connectivity index (χ0) is 19.2. The number of pyridine rings is 1. The number of thiazole rings is 1. The average molecular weight is 513 g/mol. The number of nitrogens with zero attached hydrogens (tertiary/aromatic N) is 3. The van der Waals surface area contributed by atoms with E-state index in [4.69, 9.17) is 0 Å². The third-order valence-corrected chi connectivity index (χ3v) is 4.73. The Hall–Kier alpha value is -1.43. The van der Waals surface area contributed by atoms with Gasteiger partial charge in [-0.3, -0.25) is 9.98 Å². The molecule has 2 N–H and O–H groups in total. The predicted molar refractivity (Wildman–Crippen MR) is 113 cm³/mol. The molecule has 0 aromatic carbocycles. The second kappa shape index (κ2) is 10.8. The number of nitrogens with one attached hydrogen (secondary N) is 2. The van der Waals surface area contributed by atoms with Crippen molar-refractivity contribution in [1.82, 2.24) is 20.6 Å². The molecule has 2 rings (SSSR count). The molecule has 1 atom stereocenters. The quantitative estimate of drug-likeness (QED) is 0.344. The number of hydrogen-bond donors (Lipinski definition) is 2. The molecule has 0 saturated heterocycles. The summed E-state index contributed by atoms with van der Waals surface area (Å²) in [7, 11) is 1.62. The van der Waals surface area contributed by atoms with Crippen molar-refractivity contribution in [2.75, 3.05) is 13.6 Å². The molecule has 0 aliphatic heterocycles. The first-order valence-electron chi connectivity index (χ1n) is 8.17. The number of aromatic nitrogens is 2. The smallest absolute Gasteiger partial charge is 0.356 e. The van der Waals surface area contributed by atoms with E-state index in [1.807, 2.05) is 18.3 Å². The summed E-state index contributed by atoms with van der Waals surface area (Å²) >= 11 is 0.970. The van der Waals surface area contributed by atoms with Gasteiger partial charge in [0.2, 0.25) is 0 Å². The molecule has 2 heterocycles. The molecule has 0 saturated carbocycles. The molecule has 10 heteroatoms. The summed E-state index contributed by atoms with van der Waals surface area (Å²) in [6.45, 7) is 5.07. The highest BCUT2D eigenvalue weighted by atomic mass is 127. The summed E-state index contributed by atoms with van der Waals surface area (Å²) < 4.78 is 37.8. The SMILES string of the molecule is CN=C(NCc1nc(C(F)(F)F)cs1)NCC(c1cccnc1)C(C)C.I. The molecule has 27 heavy (non-hydrogen) atoms. The van der Waals surface area contributed by atoms with Crippen molar-refractivity contribution >= 4 is 41.3 Å². The molecule has 0 radical (unpaired) electrons. The minimum absolute atomic E-state index is 0. The molecule has 1 unspecified atom stereocenters. The lowest BCUT2D eigenvalue weighted by atomic mass is 9.89. The number of aliphatic imine (C=N–C) groups is 1. The molecule has 0 aliphatic carbocycles. The van der Waals surface area contributed by atoms with Crippen LogP contribution in [0.2, 0.25) is 0 Å². The maximum atomic E-state index is 12.6. The van der Waals surface area contributed by atoms with E-state index in [1.54, 1.807) is 13.2 Å². The van der Waals surface area contributed by atoms with Crippen molar-refractivity contribution in [1.29, 1.82) is 0 Å². The van der Waals surface area contributed by atoms with Gasteiger partial charge in [0.25, 0.3) is 0 Å². The number of halogens is 4. The molecular formula is C17H23F3IN5S. The van der Waals surface area contributed by atoms with Gasteiger partial charge in [0, 0.05) is 37.3 Å². The van der Waals surface area contributed by atoms with E-state index in [-0.39, 0.29) is 36.4 Å². The van der Waals surface area contributed by atoms with Crippen molar-refractivity contribution in [3.05, 3.63) is 46.2 Å². The fourth-order valence-corrected chi connectivity index (χ4v) is 3.18. The number of hydrogen-bond acceptors (Lipinski definition) is 4. The second-order valence-corrected chi connectivity index (χ2v) is 7.01. The molecule has 0 aliphatic rings. The summed E-state index contributed by atoms with van der Waals surface area (Å²) in [5.74, 6) is 1.14. The van der Waals surface area contributed by atoms with Crippen LogP contribution in [0.5, 0.6) is 0 Å². The van der Waals surface area contributed by atoms with Crippen LogP contribution in [-0.2, 0) is 12.7 Å². The molecule has 0 bridgehead atoms. The van der Waals surface area contributed by atoms with Crippen LogP contribution in [0.1, 0.15) is 36.0 Å². The Kier molecular flexibility index (Phi) is 9.43. The van der Waals surface area contributed by atoms with E-state index in [0.29, 0.717) is 23.4 Å². The molecule has 2 aromatic heterocycles. The minimum atomic E-state index is -4.41. The summed E-state index contributed by atoms with van der Waals surface area (Å²) in [6.07, 6.45) is -0.836. The van der Waals surface area contributed by atoms with E-state index in [2.05, 4.69) is 39.4 Å². The number of guanidine groups is 1. The van der Waals surface area contributed by atoms with Crippen LogP contribution in [0.4, 0.5) is 13.2 Å². The number of alkyl halides is 3. The van der Waals surface area contributed by atoms with E-state index in [1.165, 1.54) is 0 Å². The van der Waals surface area contributed by atoms with E-state index in [9.17, 15) is 13.2 Å². The van der Waals surface area contributed by atoms with Gasteiger partial charge >= 0.3 is 6.18 Å². The maximum absolute atomic E-state index is 12.6. The molecule has 0 amide bonds. The van der Waals surface area contributed by atoms with Crippen LogP contribution in [0.3, 0.4) is 0 Å². The van der Waals surface area contributed by atoms with Crippen molar-refractivity contribution in [2.45, 2.75) is 32.5 Å². The van der Waals surface area contributed by atoms with E-state index in [0.717, 1.165) is 22.3 Å². The summed E-state index contributed by atoms with van der Waals surface area (Å²) in [5, 5.41) is 7.60. The summed E-state index contributed by atoms with van der Waals surface area (Å²) in [5.41, 5.74) is 0.263. The van der Waals surface area contributed by atoms with Crippen molar-refractivity contribution in [2.24, 2.45) is 10.9 Å². The maximum Gasteiger partial charge on any atom is 0.434 e. The Morgan fingerprint density at radius 1 is 1.30 bits per heavy atom. The molecule has 150 valence electrons.